The Hall–Kier alpha value is -1.32. The van der Waals surface area contributed by atoms with Crippen molar-refractivity contribution in [1.29, 1.82) is 0 Å². The van der Waals surface area contributed by atoms with E-state index in [2.05, 4.69) is 40.8 Å². The molecule has 1 aromatic carbocycles. The van der Waals surface area contributed by atoms with E-state index in [1.807, 2.05) is 0 Å². The van der Waals surface area contributed by atoms with E-state index in [0.29, 0.717) is 12.0 Å². The number of nitrogens with two attached hydrogens (primary N) is 1. The fourth-order valence-corrected chi connectivity index (χ4v) is 3.32. The molecule has 1 aliphatic carbocycles. The van der Waals surface area contributed by atoms with Crippen LogP contribution in [-0.4, -0.2) is 24.1 Å². The van der Waals surface area contributed by atoms with Crippen molar-refractivity contribution in [3.05, 3.63) is 36.0 Å². The van der Waals surface area contributed by atoms with Crippen LogP contribution in [0.3, 0.4) is 0 Å². The van der Waals surface area contributed by atoms with Gasteiger partial charge >= 0.3 is 0 Å². The molecule has 1 aliphatic rings. The molecule has 0 spiro atoms. The third-order valence-electron chi connectivity index (χ3n) is 4.44. The molecule has 4 N–H and O–H groups in total. The minimum atomic E-state index is 0.634. The van der Waals surface area contributed by atoms with Crippen LogP contribution in [0.15, 0.2) is 30.5 Å². The maximum absolute atomic E-state index is 5.82. The Bertz CT molecular complexity index is 532. The normalized spacial score (nSPS) is 23.2. The topological polar surface area (TPSA) is 53.8 Å². The molecule has 0 radical (unpaired) electrons. The molecular weight excluding hydrogens is 234 g/mol. The van der Waals surface area contributed by atoms with Crippen LogP contribution in [0.2, 0.25) is 0 Å². The zero-order valence-electron chi connectivity index (χ0n) is 11.4. The van der Waals surface area contributed by atoms with Crippen LogP contribution in [0.25, 0.3) is 10.9 Å². The first kappa shape index (κ1) is 12.7. The van der Waals surface area contributed by atoms with Crippen molar-refractivity contribution in [2.75, 3.05) is 13.1 Å². The molecule has 2 unspecified atom stereocenters. The van der Waals surface area contributed by atoms with Crippen LogP contribution < -0.4 is 11.1 Å². The molecule has 1 fully saturated rings. The summed E-state index contributed by atoms with van der Waals surface area (Å²) in [5, 5.41) is 5.04. The number of fused-ring (bicyclic) bond motifs is 1. The summed E-state index contributed by atoms with van der Waals surface area (Å²) in [5.41, 5.74) is 8.46. The van der Waals surface area contributed by atoms with Crippen LogP contribution >= 0.6 is 0 Å². The standard InChI is InChI=1S/C16H23N3/c17-10-12-4-3-7-15(12)18-9-8-13-11-19-16-6-2-1-5-14(13)16/h1-2,5-6,11-12,15,18-19H,3-4,7-10,17H2. The third-order valence-corrected chi connectivity index (χ3v) is 4.44. The molecule has 3 heteroatoms. The van der Waals surface area contributed by atoms with Crippen molar-refractivity contribution in [1.82, 2.24) is 10.3 Å². The molecule has 0 aliphatic heterocycles. The van der Waals surface area contributed by atoms with E-state index in [1.54, 1.807) is 0 Å². The molecule has 0 saturated heterocycles. The van der Waals surface area contributed by atoms with Gasteiger partial charge in [0.25, 0.3) is 0 Å². The number of para-hydroxylation sites is 1. The Morgan fingerprint density at radius 1 is 1.26 bits per heavy atom. The lowest BCUT2D eigenvalue weighted by atomic mass is 10.0. The Kier molecular flexibility index (Phi) is 3.85. The summed E-state index contributed by atoms with van der Waals surface area (Å²) in [4.78, 5) is 3.34. The van der Waals surface area contributed by atoms with E-state index >= 15 is 0 Å². The molecule has 1 aromatic heterocycles. The summed E-state index contributed by atoms with van der Waals surface area (Å²) in [6.45, 7) is 1.87. The van der Waals surface area contributed by atoms with Crippen molar-refractivity contribution in [3.8, 4) is 0 Å². The van der Waals surface area contributed by atoms with E-state index in [1.165, 1.54) is 35.7 Å². The van der Waals surface area contributed by atoms with Crippen LogP contribution in [0.4, 0.5) is 0 Å². The first-order chi connectivity index (χ1) is 9.38. The smallest absolute Gasteiger partial charge is 0.0456 e. The number of hydrogen-bond acceptors (Lipinski definition) is 2. The van der Waals surface area contributed by atoms with E-state index in [0.717, 1.165) is 19.5 Å². The summed E-state index contributed by atoms with van der Waals surface area (Å²) >= 11 is 0. The number of nitrogens with one attached hydrogen (secondary N) is 2. The summed E-state index contributed by atoms with van der Waals surface area (Å²) < 4.78 is 0. The van der Waals surface area contributed by atoms with Crippen LogP contribution in [0.1, 0.15) is 24.8 Å². The summed E-state index contributed by atoms with van der Waals surface area (Å²) in [6.07, 6.45) is 7.13. The van der Waals surface area contributed by atoms with Crippen molar-refractivity contribution >= 4 is 10.9 Å². The Labute approximate surface area is 114 Å². The highest BCUT2D eigenvalue weighted by molar-refractivity contribution is 5.83. The van der Waals surface area contributed by atoms with E-state index < -0.39 is 0 Å². The Balaban J connectivity index is 1.57. The highest BCUT2D eigenvalue weighted by atomic mass is 14.9. The van der Waals surface area contributed by atoms with Gasteiger partial charge in [-0.15, -0.1) is 0 Å². The van der Waals surface area contributed by atoms with Gasteiger partial charge in [-0.1, -0.05) is 24.6 Å². The van der Waals surface area contributed by atoms with Gasteiger partial charge in [-0.2, -0.15) is 0 Å². The second-order valence-electron chi connectivity index (χ2n) is 5.60. The average molecular weight is 257 g/mol. The molecule has 0 bridgehead atoms. The summed E-state index contributed by atoms with van der Waals surface area (Å²) in [5.74, 6) is 0.683. The van der Waals surface area contributed by atoms with Gasteiger partial charge in [0, 0.05) is 23.1 Å². The molecule has 2 atom stereocenters. The van der Waals surface area contributed by atoms with E-state index in [-0.39, 0.29) is 0 Å². The first-order valence-electron chi connectivity index (χ1n) is 7.37. The molecule has 1 heterocycles. The molecule has 102 valence electrons. The van der Waals surface area contributed by atoms with Gasteiger partial charge in [0.1, 0.15) is 0 Å². The van der Waals surface area contributed by atoms with Gasteiger partial charge in [-0.25, -0.2) is 0 Å². The fraction of sp³-hybridized carbons (Fsp3) is 0.500. The van der Waals surface area contributed by atoms with Crippen LogP contribution in [0, 0.1) is 5.92 Å². The first-order valence-corrected chi connectivity index (χ1v) is 7.37. The lowest BCUT2D eigenvalue weighted by Crippen LogP contribution is -2.37. The van der Waals surface area contributed by atoms with Crippen molar-refractivity contribution in [3.63, 3.8) is 0 Å². The predicted octanol–water partition coefficient (Wildman–Crippen LogP) is 2.43. The fourth-order valence-electron chi connectivity index (χ4n) is 3.32. The van der Waals surface area contributed by atoms with Crippen LogP contribution in [-0.2, 0) is 6.42 Å². The molecule has 0 amide bonds. The minimum absolute atomic E-state index is 0.634. The molecular formula is C16H23N3. The number of rotatable bonds is 5. The average Bonchev–Trinajstić information content (AvgIpc) is 3.06. The Morgan fingerprint density at radius 2 is 2.16 bits per heavy atom. The van der Waals surface area contributed by atoms with E-state index in [4.69, 9.17) is 5.73 Å². The Morgan fingerprint density at radius 3 is 3.05 bits per heavy atom. The van der Waals surface area contributed by atoms with Gasteiger partial charge in [-0.3, -0.25) is 0 Å². The lowest BCUT2D eigenvalue weighted by molar-refractivity contribution is 0.410. The van der Waals surface area contributed by atoms with E-state index in [9.17, 15) is 0 Å². The minimum Gasteiger partial charge on any atom is -0.361 e. The molecule has 1 saturated carbocycles. The zero-order chi connectivity index (χ0) is 13.1. The summed E-state index contributed by atoms with van der Waals surface area (Å²) in [6, 6.07) is 9.14. The highest BCUT2D eigenvalue weighted by Gasteiger charge is 2.25. The quantitative estimate of drug-likeness (QED) is 0.770. The number of H-pyrrole nitrogens is 1. The molecule has 3 nitrogen and oxygen atoms in total. The van der Waals surface area contributed by atoms with Crippen molar-refractivity contribution in [2.45, 2.75) is 31.7 Å². The third kappa shape index (κ3) is 2.67. The van der Waals surface area contributed by atoms with Crippen molar-refractivity contribution in [2.24, 2.45) is 11.7 Å². The number of aromatic nitrogens is 1. The van der Waals surface area contributed by atoms with Gasteiger partial charge in [0.15, 0.2) is 0 Å². The van der Waals surface area contributed by atoms with Gasteiger partial charge < -0.3 is 16.0 Å². The van der Waals surface area contributed by atoms with Gasteiger partial charge in [0.2, 0.25) is 0 Å². The number of aromatic amines is 1. The highest BCUT2D eigenvalue weighted by Crippen LogP contribution is 2.24. The molecule has 3 rings (SSSR count). The lowest BCUT2D eigenvalue weighted by Gasteiger charge is -2.19. The zero-order valence-corrected chi connectivity index (χ0v) is 11.4. The molecule has 2 aromatic rings. The predicted molar refractivity (Wildman–Crippen MR) is 80.2 cm³/mol. The monoisotopic (exact) mass is 257 g/mol. The second kappa shape index (κ2) is 5.76. The number of hydrogen-bond donors (Lipinski definition) is 3. The van der Waals surface area contributed by atoms with Gasteiger partial charge in [0.05, 0.1) is 0 Å². The maximum Gasteiger partial charge on any atom is 0.0456 e. The van der Waals surface area contributed by atoms with Crippen molar-refractivity contribution < 1.29 is 0 Å². The van der Waals surface area contributed by atoms with Crippen LogP contribution in [0.5, 0.6) is 0 Å². The number of benzene rings is 1. The van der Waals surface area contributed by atoms with Gasteiger partial charge in [-0.05, 0) is 49.9 Å². The maximum atomic E-state index is 5.82. The molecule has 19 heavy (non-hydrogen) atoms. The largest absolute Gasteiger partial charge is 0.361 e. The summed E-state index contributed by atoms with van der Waals surface area (Å²) in [7, 11) is 0. The second-order valence-corrected chi connectivity index (χ2v) is 5.60. The SMILES string of the molecule is NCC1CCCC1NCCc1c[nH]c2ccccc12.